The van der Waals surface area contributed by atoms with Crippen LogP contribution in [-0.2, 0) is 13.0 Å². The molecule has 1 N–H and O–H groups in total. The van der Waals surface area contributed by atoms with Gasteiger partial charge in [-0.05, 0) is 58.3 Å². The Hall–Kier alpha value is -3.17. The van der Waals surface area contributed by atoms with Crippen LogP contribution < -0.4 is 10.1 Å². The third kappa shape index (κ3) is 3.37. The van der Waals surface area contributed by atoms with E-state index in [1.165, 1.54) is 33.0 Å². The predicted molar refractivity (Wildman–Crippen MR) is 113 cm³/mol. The summed E-state index contributed by atoms with van der Waals surface area (Å²) < 4.78 is 6.03. The number of benzene rings is 3. The van der Waals surface area contributed by atoms with Crippen LogP contribution in [0.5, 0.6) is 5.75 Å². The molecule has 5 rings (SSSR count). The lowest BCUT2D eigenvalue weighted by Gasteiger charge is -2.28. The molecule has 0 radical (unpaired) electrons. The highest BCUT2D eigenvalue weighted by atomic mass is 16.5. The Morgan fingerprint density at radius 1 is 0.929 bits per heavy atom. The molecule has 0 fully saturated rings. The fourth-order valence-corrected chi connectivity index (χ4v) is 3.95. The normalized spacial score (nSPS) is 15.9. The summed E-state index contributed by atoms with van der Waals surface area (Å²) in [5, 5.41) is 6.08. The number of rotatable bonds is 4. The van der Waals surface area contributed by atoms with Gasteiger partial charge >= 0.3 is 0 Å². The molecule has 0 saturated carbocycles. The van der Waals surface area contributed by atoms with Gasteiger partial charge in [-0.15, -0.1) is 0 Å². The van der Waals surface area contributed by atoms with E-state index >= 15 is 0 Å². The molecule has 1 unspecified atom stereocenters. The van der Waals surface area contributed by atoms with Gasteiger partial charge in [-0.1, -0.05) is 48.5 Å². The minimum atomic E-state index is 0.212. The van der Waals surface area contributed by atoms with E-state index in [1.807, 2.05) is 30.6 Å². The molecule has 1 aliphatic heterocycles. The highest BCUT2D eigenvalue weighted by Gasteiger charge is 2.22. The van der Waals surface area contributed by atoms with E-state index in [1.54, 1.807) is 0 Å². The molecule has 28 heavy (non-hydrogen) atoms. The van der Waals surface area contributed by atoms with Crippen LogP contribution in [0.3, 0.4) is 0 Å². The van der Waals surface area contributed by atoms with Gasteiger partial charge in [0.2, 0.25) is 0 Å². The molecule has 1 aliphatic rings. The first-order valence-corrected chi connectivity index (χ1v) is 9.73. The summed E-state index contributed by atoms with van der Waals surface area (Å²) in [7, 11) is 0. The van der Waals surface area contributed by atoms with Crippen molar-refractivity contribution in [1.82, 2.24) is 10.3 Å². The molecule has 4 aromatic rings. The zero-order valence-electron chi connectivity index (χ0n) is 15.6. The monoisotopic (exact) mass is 366 g/mol. The van der Waals surface area contributed by atoms with E-state index in [4.69, 9.17) is 4.74 Å². The molecule has 1 aromatic heterocycles. The largest absolute Gasteiger partial charge is 0.489 e. The topological polar surface area (TPSA) is 34.1 Å². The zero-order valence-corrected chi connectivity index (χ0v) is 15.6. The fourth-order valence-electron chi connectivity index (χ4n) is 3.95. The molecule has 3 aromatic carbocycles. The van der Waals surface area contributed by atoms with Crippen LogP contribution in [0, 0.1) is 0 Å². The number of fused-ring (bicyclic) bond motifs is 2. The van der Waals surface area contributed by atoms with Crippen LogP contribution in [0.4, 0.5) is 0 Å². The van der Waals surface area contributed by atoms with Crippen molar-refractivity contribution in [2.45, 2.75) is 19.1 Å². The molecule has 0 amide bonds. The second-order valence-electron chi connectivity index (χ2n) is 7.25. The summed E-state index contributed by atoms with van der Waals surface area (Å²) in [6, 6.07) is 25.7. The molecule has 0 bridgehead atoms. The number of nitrogens with one attached hydrogen (secondary N) is 1. The van der Waals surface area contributed by atoms with Crippen molar-refractivity contribution >= 4 is 10.8 Å². The lowest BCUT2D eigenvalue weighted by molar-refractivity contribution is 0.305. The molecule has 3 nitrogen and oxygen atoms in total. The summed E-state index contributed by atoms with van der Waals surface area (Å²) in [6.07, 6.45) is 4.79. The van der Waals surface area contributed by atoms with Gasteiger partial charge < -0.3 is 10.1 Å². The first-order chi connectivity index (χ1) is 13.9. The van der Waals surface area contributed by atoms with Crippen LogP contribution in [0.25, 0.3) is 10.8 Å². The molecular formula is C25H22N2O. The molecule has 0 saturated heterocycles. The maximum Gasteiger partial charge on any atom is 0.120 e. The van der Waals surface area contributed by atoms with Crippen LogP contribution in [-0.4, -0.2) is 11.5 Å². The Bertz CT molecular complexity index is 1110. The molecule has 0 aliphatic carbocycles. The van der Waals surface area contributed by atoms with E-state index in [0.717, 1.165) is 18.7 Å². The Balaban J connectivity index is 1.41. The van der Waals surface area contributed by atoms with Gasteiger partial charge in [0.25, 0.3) is 0 Å². The summed E-state index contributed by atoms with van der Waals surface area (Å²) in [5.41, 5.74) is 5.18. The minimum Gasteiger partial charge on any atom is -0.489 e. The summed E-state index contributed by atoms with van der Waals surface area (Å²) >= 11 is 0. The molecule has 138 valence electrons. The Morgan fingerprint density at radius 2 is 1.86 bits per heavy atom. The lowest BCUT2D eigenvalue weighted by Crippen LogP contribution is -2.30. The van der Waals surface area contributed by atoms with E-state index < -0.39 is 0 Å². The number of hydrogen-bond donors (Lipinski definition) is 1. The van der Waals surface area contributed by atoms with Gasteiger partial charge in [0.05, 0.1) is 6.04 Å². The number of ether oxygens (including phenoxy) is 1. The molecule has 3 heteroatoms. The second-order valence-corrected chi connectivity index (χ2v) is 7.25. The Kier molecular flexibility index (Phi) is 4.51. The SMILES string of the molecule is c1ccc(COc2ccc3c(c2)CCNC3c2ccc3cnccc3c2)cc1. The fraction of sp³-hybridized carbons (Fsp3) is 0.160. The first kappa shape index (κ1) is 17.0. The van der Waals surface area contributed by atoms with Gasteiger partial charge in [-0.3, -0.25) is 4.98 Å². The predicted octanol–water partition coefficient (Wildman–Crippen LogP) is 5.05. The number of aromatic nitrogens is 1. The van der Waals surface area contributed by atoms with Crippen LogP contribution in [0.2, 0.25) is 0 Å². The Morgan fingerprint density at radius 3 is 2.79 bits per heavy atom. The van der Waals surface area contributed by atoms with Gasteiger partial charge in [-0.25, -0.2) is 0 Å². The van der Waals surface area contributed by atoms with Crippen molar-refractivity contribution in [3.63, 3.8) is 0 Å². The number of pyridine rings is 1. The van der Waals surface area contributed by atoms with Gasteiger partial charge in [0.15, 0.2) is 0 Å². The molecule has 1 atom stereocenters. The van der Waals surface area contributed by atoms with E-state index in [9.17, 15) is 0 Å². The maximum absolute atomic E-state index is 6.03. The van der Waals surface area contributed by atoms with Crippen LogP contribution in [0.1, 0.15) is 28.3 Å². The summed E-state index contributed by atoms with van der Waals surface area (Å²) in [4.78, 5) is 4.21. The highest BCUT2D eigenvalue weighted by molar-refractivity contribution is 5.82. The zero-order chi connectivity index (χ0) is 18.8. The van der Waals surface area contributed by atoms with Crippen molar-refractivity contribution in [2.75, 3.05) is 6.54 Å². The maximum atomic E-state index is 6.03. The van der Waals surface area contributed by atoms with Crippen LogP contribution in [0.15, 0.2) is 85.2 Å². The third-order valence-corrected chi connectivity index (χ3v) is 5.41. The lowest BCUT2D eigenvalue weighted by atomic mass is 9.89. The Labute approximate surface area is 165 Å². The quantitative estimate of drug-likeness (QED) is 0.549. The number of nitrogens with zero attached hydrogens (tertiary/aromatic N) is 1. The van der Waals surface area contributed by atoms with Crippen molar-refractivity contribution in [2.24, 2.45) is 0 Å². The van der Waals surface area contributed by atoms with Crippen molar-refractivity contribution in [3.8, 4) is 5.75 Å². The first-order valence-electron chi connectivity index (χ1n) is 9.73. The van der Waals surface area contributed by atoms with Crippen molar-refractivity contribution < 1.29 is 4.74 Å². The van der Waals surface area contributed by atoms with Gasteiger partial charge in [0.1, 0.15) is 12.4 Å². The standard InChI is InChI=1S/C25H22N2O/c1-2-4-18(5-3-1)17-28-23-8-9-24-20(15-23)11-13-27-25(24)21-6-7-22-16-26-12-10-19(22)14-21/h1-10,12,14-16,25,27H,11,13,17H2. The minimum absolute atomic E-state index is 0.212. The summed E-state index contributed by atoms with van der Waals surface area (Å²) in [5.74, 6) is 0.938. The number of hydrogen-bond acceptors (Lipinski definition) is 3. The van der Waals surface area contributed by atoms with Gasteiger partial charge in [-0.2, -0.15) is 0 Å². The van der Waals surface area contributed by atoms with Crippen molar-refractivity contribution in [3.05, 3.63) is 107 Å². The highest BCUT2D eigenvalue weighted by Crippen LogP contribution is 2.32. The average molecular weight is 366 g/mol. The molecule has 0 spiro atoms. The van der Waals surface area contributed by atoms with E-state index in [-0.39, 0.29) is 6.04 Å². The molecular weight excluding hydrogens is 344 g/mol. The van der Waals surface area contributed by atoms with Crippen molar-refractivity contribution in [1.29, 1.82) is 0 Å². The second kappa shape index (κ2) is 7.45. The molecule has 2 heterocycles. The average Bonchev–Trinajstić information content (AvgIpc) is 2.77. The van der Waals surface area contributed by atoms with E-state index in [0.29, 0.717) is 6.61 Å². The van der Waals surface area contributed by atoms with Crippen LogP contribution >= 0.6 is 0 Å². The van der Waals surface area contributed by atoms with E-state index in [2.05, 4.69) is 64.9 Å². The third-order valence-electron chi connectivity index (χ3n) is 5.41. The summed E-state index contributed by atoms with van der Waals surface area (Å²) in [6.45, 7) is 1.56. The van der Waals surface area contributed by atoms with Gasteiger partial charge in [0, 0.05) is 24.3 Å². The smallest absolute Gasteiger partial charge is 0.120 e.